The van der Waals surface area contributed by atoms with Gasteiger partial charge in [0, 0.05) is 10.7 Å². The molecule has 0 spiro atoms. The first-order valence-corrected chi connectivity index (χ1v) is 6.38. The molecule has 0 bridgehead atoms. The van der Waals surface area contributed by atoms with Gasteiger partial charge in [-0.05, 0) is 31.2 Å². The van der Waals surface area contributed by atoms with Gasteiger partial charge in [-0.25, -0.2) is 8.42 Å². The zero-order chi connectivity index (χ0) is 11.5. The maximum Gasteiger partial charge on any atom is 0.251 e. The normalized spacial score (nSPS) is 12.6. The third kappa shape index (κ3) is 4.80. The van der Waals surface area contributed by atoms with E-state index in [4.69, 9.17) is 11.6 Å². The number of amidine groups is 1. The highest BCUT2D eigenvalue weighted by atomic mass is 35.5. The molecule has 0 aliphatic rings. The van der Waals surface area contributed by atoms with Gasteiger partial charge >= 0.3 is 0 Å². The summed E-state index contributed by atoms with van der Waals surface area (Å²) in [6.07, 6.45) is 1.04. The van der Waals surface area contributed by atoms with Gasteiger partial charge in [0.2, 0.25) is 0 Å². The van der Waals surface area contributed by atoms with E-state index < -0.39 is 10.0 Å². The van der Waals surface area contributed by atoms with E-state index >= 15 is 0 Å². The van der Waals surface area contributed by atoms with E-state index in [2.05, 4.69) is 9.71 Å². The maximum atomic E-state index is 10.8. The monoisotopic (exact) mass is 246 g/mol. The first-order valence-electron chi connectivity index (χ1n) is 4.16. The van der Waals surface area contributed by atoms with Crippen LogP contribution in [0.4, 0.5) is 5.69 Å². The van der Waals surface area contributed by atoms with Crippen molar-refractivity contribution >= 4 is 33.1 Å². The Morgan fingerprint density at radius 3 is 2.33 bits per heavy atom. The fraction of sp³-hybridized carbons (Fsp3) is 0.222. The van der Waals surface area contributed by atoms with Crippen molar-refractivity contribution in [3.05, 3.63) is 29.3 Å². The number of sulfonamides is 1. The molecule has 0 amide bonds. The van der Waals surface area contributed by atoms with E-state index in [0.29, 0.717) is 10.9 Å². The summed E-state index contributed by atoms with van der Waals surface area (Å²) in [7, 11) is -3.35. The van der Waals surface area contributed by atoms with E-state index in [0.717, 1.165) is 11.9 Å². The third-order valence-corrected chi connectivity index (χ3v) is 2.33. The average molecular weight is 247 g/mol. The van der Waals surface area contributed by atoms with Crippen LogP contribution in [-0.4, -0.2) is 20.5 Å². The van der Waals surface area contributed by atoms with Crippen LogP contribution in [0.2, 0.25) is 5.02 Å². The molecule has 0 unspecified atom stereocenters. The first kappa shape index (κ1) is 12.0. The zero-order valence-electron chi connectivity index (χ0n) is 8.36. The number of nitrogens with zero attached hydrogens (tertiary/aromatic N) is 1. The van der Waals surface area contributed by atoms with Gasteiger partial charge < -0.3 is 5.32 Å². The Kier molecular flexibility index (Phi) is 3.71. The summed E-state index contributed by atoms with van der Waals surface area (Å²) in [5.41, 5.74) is 0.740. The number of hydrogen-bond donors (Lipinski definition) is 1. The van der Waals surface area contributed by atoms with Crippen LogP contribution in [0.1, 0.15) is 6.92 Å². The molecule has 0 fully saturated rings. The summed E-state index contributed by atoms with van der Waals surface area (Å²) < 4.78 is 25.1. The number of nitrogens with one attached hydrogen (secondary N) is 1. The summed E-state index contributed by atoms with van der Waals surface area (Å²) in [6.45, 7) is 1.58. The molecule has 0 heterocycles. The Morgan fingerprint density at radius 1 is 1.33 bits per heavy atom. The molecule has 0 saturated carbocycles. The minimum Gasteiger partial charge on any atom is -0.343 e. The quantitative estimate of drug-likeness (QED) is 0.642. The Bertz CT molecular complexity index is 465. The highest BCUT2D eigenvalue weighted by molar-refractivity contribution is 7.89. The van der Waals surface area contributed by atoms with E-state index in [1.54, 1.807) is 31.2 Å². The van der Waals surface area contributed by atoms with Crippen molar-refractivity contribution in [3.8, 4) is 0 Å². The lowest BCUT2D eigenvalue weighted by atomic mass is 10.3. The molecule has 1 N–H and O–H groups in total. The molecule has 0 aromatic heterocycles. The molecular formula is C9H11ClN2O2S. The number of halogens is 1. The van der Waals surface area contributed by atoms with Crippen LogP contribution in [0.15, 0.2) is 28.7 Å². The molecule has 0 radical (unpaired) electrons. The van der Waals surface area contributed by atoms with Gasteiger partial charge in [0.15, 0.2) is 0 Å². The third-order valence-electron chi connectivity index (χ3n) is 1.47. The average Bonchev–Trinajstić information content (AvgIpc) is 2.05. The van der Waals surface area contributed by atoms with Gasteiger partial charge in [0.05, 0.1) is 6.26 Å². The fourth-order valence-electron chi connectivity index (χ4n) is 1.01. The van der Waals surface area contributed by atoms with E-state index in [1.165, 1.54) is 0 Å². The Morgan fingerprint density at radius 2 is 1.87 bits per heavy atom. The van der Waals surface area contributed by atoms with E-state index in [9.17, 15) is 8.42 Å². The second kappa shape index (κ2) is 4.63. The predicted octanol–water partition coefficient (Wildman–Crippen LogP) is 2.13. The van der Waals surface area contributed by atoms with Crippen molar-refractivity contribution in [1.29, 1.82) is 0 Å². The van der Waals surface area contributed by atoms with Gasteiger partial charge in [-0.2, -0.15) is 4.40 Å². The number of rotatable bonds is 2. The summed E-state index contributed by atoms with van der Waals surface area (Å²) in [5, 5.41) is 3.46. The molecule has 4 nitrogen and oxygen atoms in total. The second-order valence-electron chi connectivity index (χ2n) is 3.04. The molecular weight excluding hydrogens is 236 g/mol. The molecule has 1 rings (SSSR count). The molecule has 0 atom stereocenters. The highest BCUT2D eigenvalue weighted by Gasteiger charge is 1.99. The molecule has 82 valence electrons. The van der Waals surface area contributed by atoms with Crippen LogP contribution in [0.5, 0.6) is 0 Å². The van der Waals surface area contributed by atoms with E-state index in [-0.39, 0.29) is 0 Å². The Balaban J connectivity index is 2.79. The summed E-state index contributed by atoms with van der Waals surface area (Å²) >= 11 is 5.70. The standard InChI is InChI=1S/C9H11ClN2O2S/c1-7(12-15(2,13)14)11-9-5-3-8(10)4-6-9/h3-6H,1-2H3,(H,11,12). The topological polar surface area (TPSA) is 58.5 Å². The van der Waals surface area contributed by atoms with Crippen molar-refractivity contribution in [2.24, 2.45) is 4.40 Å². The summed E-state index contributed by atoms with van der Waals surface area (Å²) in [4.78, 5) is 0. The highest BCUT2D eigenvalue weighted by Crippen LogP contribution is 2.13. The van der Waals surface area contributed by atoms with Crippen LogP contribution in [0.25, 0.3) is 0 Å². The number of anilines is 1. The van der Waals surface area contributed by atoms with Crippen LogP contribution in [0, 0.1) is 0 Å². The Hall–Kier alpha value is -1.07. The summed E-state index contributed by atoms with van der Waals surface area (Å²) in [6, 6.07) is 6.89. The van der Waals surface area contributed by atoms with Crippen LogP contribution in [0.3, 0.4) is 0 Å². The van der Waals surface area contributed by atoms with Crippen molar-refractivity contribution in [3.63, 3.8) is 0 Å². The SMILES string of the molecule is C/C(=N\S(C)(=O)=O)Nc1ccc(Cl)cc1. The molecule has 1 aromatic carbocycles. The molecule has 0 aliphatic carbocycles. The van der Waals surface area contributed by atoms with Crippen molar-refractivity contribution in [2.45, 2.75) is 6.92 Å². The predicted molar refractivity (Wildman–Crippen MR) is 63.0 cm³/mol. The van der Waals surface area contributed by atoms with E-state index in [1.807, 2.05) is 0 Å². The van der Waals surface area contributed by atoms with Gasteiger partial charge in [-0.15, -0.1) is 0 Å². The van der Waals surface area contributed by atoms with Crippen LogP contribution < -0.4 is 5.32 Å². The van der Waals surface area contributed by atoms with Gasteiger partial charge in [-0.1, -0.05) is 11.6 Å². The fourth-order valence-corrected chi connectivity index (χ4v) is 1.68. The minimum absolute atomic E-state index is 0.319. The Labute approximate surface area is 94.0 Å². The second-order valence-corrected chi connectivity index (χ2v) is 5.13. The number of benzene rings is 1. The summed E-state index contributed by atoms with van der Waals surface area (Å²) in [5.74, 6) is 0.319. The smallest absolute Gasteiger partial charge is 0.251 e. The van der Waals surface area contributed by atoms with Crippen LogP contribution >= 0.6 is 11.6 Å². The first-order chi connectivity index (χ1) is 6.87. The lowest BCUT2D eigenvalue weighted by Gasteiger charge is -2.04. The maximum absolute atomic E-state index is 10.8. The lowest BCUT2D eigenvalue weighted by molar-refractivity contribution is 0.603. The largest absolute Gasteiger partial charge is 0.343 e. The zero-order valence-corrected chi connectivity index (χ0v) is 9.93. The minimum atomic E-state index is -3.35. The number of hydrogen-bond acceptors (Lipinski definition) is 2. The van der Waals surface area contributed by atoms with Gasteiger partial charge in [0.25, 0.3) is 10.0 Å². The van der Waals surface area contributed by atoms with Crippen molar-refractivity contribution < 1.29 is 8.42 Å². The van der Waals surface area contributed by atoms with Crippen molar-refractivity contribution in [1.82, 2.24) is 0 Å². The lowest BCUT2D eigenvalue weighted by Crippen LogP contribution is -2.09. The molecule has 15 heavy (non-hydrogen) atoms. The van der Waals surface area contributed by atoms with Gasteiger partial charge in [0.1, 0.15) is 5.84 Å². The molecule has 6 heteroatoms. The van der Waals surface area contributed by atoms with Gasteiger partial charge in [-0.3, -0.25) is 0 Å². The molecule has 0 saturated heterocycles. The van der Waals surface area contributed by atoms with Crippen molar-refractivity contribution in [2.75, 3.05) is 11.6 Å². The van der Waals surface area contributed by atoms with Crippen LogP contribution in [-0.2, 0) is 10.0 Å². The molecule has 1 aromatic rings. The molecule has 0 aliphatic heterocycles.